The minimum Gasteiger partial charge on any atom is -0.345 e. The van der Waals surface area contributed by atoms with Crippen LogP contribution in [0.15, 0.2) is 0 Å². The summed E-state index contributed by atoms with van der Waals surface area (Å²) in [7, 11) is 3.83. The van der Waals surface area contributed by atoms with Gasteiger partial charge in [-0.25, -0.2) is 0 Å². The van der Waals surface area contributed by atoms with E-state index in [9.17, 15) is 9.59 Å². The quantitative estimate of drug-likeness (QED) is 0.369. The molecular weight excluding hydrogens is 304 g/mol. The third kappa shape index (κ3) is 8.11. The molecule has 2 aliphatic heterocycles. The third-order valence-electron chi connectivity index (χ3n) is 4.89. The first-order valence-electron chi connectivity index (χ1n) is 9.49. The SMILES string of the molecule is CN(CCCCCCCCN(C)C(=O)CN1CC1)C(=O)CN1CC1. The molecule has 0 unspecified atom stereocenters. The van der Waals surface area contributed by atoms with Crippen LogP contribution in [0.4, 0.5) is 0 Å². The van der Waals surface area contributed by atoms with E-state index in [1.807, 2.05) is 23.9 Å². The summed E-state index contributed by atoms with van der Waals surface area (Å²) in [6.45, 7) is 7.27. The smallest absolute Gasteiger partial charge is 0.236 e. The summed E-state index contributed by atoms with van der Waals surface area (Å²) in [4.78, 5) is 31.7. The van der Waals surface area contributed by atoms with Crippen molar-refractivity contribution in [3.05, 3.63) is 0 Å². The zero-order valence-electron chi connectivity index (χ0n) is 15.5. The fraction of sp³-hybridized carbons (Fsp3) is 0.889. The van der Waals surface area contributed by atoms with Gasteiger partial charge in [0.2, 0.25) is 11.8 Å². The van der Waals surface area contributed by atoms with E-state index in [2.05, 4.69) is 9.80 Å². The molecule has 2 aliphatic rings. The standard InChI is InChI=1S/C18H34N4O2/c1-19(17(23)15-21-11-12-21)9-7-5-3-4-6-8-10-20(2)18(24)16-22-13-14-22/h3-16H2,1-2H3. The molecule has 0 radical (unpaired) electrons. The molecule has 0 spiro atoms. The molecule has 138 valence electrons. The zero-order valence-corrected chi connectivity index (χ0v) is 15.5. The van der Waals surface area contributed by atoms with Crippen LogP contribution in [0.2, 0.25) is 0 Å². The highest BCUT2D eigenvalue weighted by Gasteiger charge is 2.22. The molecule has 0 aromatic carbocycles. The average molecular weight is 338 g/mol. The number of hydrogen-bond acceptors (Lipinski definition) is 4. The molecule has 2 saturated heterocycles. The second-order valence-electron chi connectivity index (χ2n) is 7.30. The lowest BCUT2D eigenvalue weighted by molar-refractivity contribution is -0.130. The van der Waals surface area contributed by atoms with Crippen LogP contribution in [0, 0.1) is 0 Å². The topological polar surface area (TPSA) is 46.6 Å². The molecule has 6 heteroatoms. The van der Waals surface area contributed by atoms with E-state index in [-0.39, 0.29) is 11.8 Å². The number of hydrogen-bond donors (Lipinski definition) is 0. The van der Waals surface area contributed by atoms with E-state index in [1.165, 1.54) is 25.7 Å². The highest BCUT2D eigenvalue weighted by atomic mass is 16.2. The van der Waals surface area contributed by atoms with E-state index in [1.54, 1.807) is 0 Å². The first-order valence-corrected chi connectivity index (χ1v) is 9.49. The van der Waals surface area contributed by atoms with Gasteiger partial charge in [-0.1, -0.05) is 25.7 Å². The largest absolute Gasteiger partial charge is 0.345 e. The summed E-state index contributed by atoms with van der Waals surface area (Å²) in [5.74, 6) is 0.505. The van der Waals surface area contributed by atoms with Crippen molar-refractivity contribution in [1.29, 1.82) is 0 Å². The fourth-order valence-electron chi connectivity index (χ4n) is 2.74. The molecule has 0 bridgehead atoms. The van der Waals surface area contributed by atoms with Crippen LogP contribution in [0.3, 0.4) is 0 Å². The molecule has 0 aliphatic carbocycles. The van der Waals surface area contributed by atoms with Crippen LogP contribution in [-0.4, -0.2) is 97.9 Å². The van der Waals surface area contributed by atoms with Crippen LogP contribution in [-0.2, 0) is 9.59 Å². The first kappa shape index (κ1) is 19.2. The Balaban J connectivity index is 1.36. The van der Waals surface area contributed by atoms with Crippen molar-refractivity contribution in [2.75, 3.05) is 66.5 Å². The van der Waals surface area contributed by atoms with Gasteiger partial charge in [0.1, 0.15) is 0 Å². The number of likely N-dealkylation sites (N-methyl/N-ethyl adjacent to an activating group) is 2. The molecule has 2 heterocycles. The number of nitrogens with zero attached hydrogens (tertiary/aromatic N) is 4. The van der Waals surface area contributed by atoms with Crippen LogP contribution in [0.25, 0.3) is 0 Å². The number of carbonyl (C=O) groups is 2. The third-order valence-corrected chi connectivity index (χ3v) is 4.89. The predicted molar refractivity (Wildman–Crippen MR) is 95.9 cm³/mol. The Kier molecular flexibility index (Phi) is 7.99. The highest BCUT2D eigenvalue weighted by Crippen LogP contribution is 2.09. The number of amides is 2. The molecule has 2 amide bonds. The van der Waals surface area contributed by atoms with Crippen molar-refractivity contribution in [3.63, 3.8) is 0 Å². The van der Waals surface area contributed by atoms with Gasteiger partial charge in [0, 0.05) is 53.4 Å². The molecule has 2 rings (SSSR count). The summed E-state index contributed by atoms with van der Waals surface area (Å²) in [6.07, 6.45) is 7.00. The van der Waals surface area contributed by atoms with Crippen molar-refractivity contribution in [1.82, 2.24) is 19.6 Å². The molecule has 24 heavy (non-hydrogen) atoms. The molecular formula is C18H34N4O2. The van der Waals surface area contributed by atoms with Crippen LogP contribution in [0.5, 0.6) is 0 Å². The van der Waals surface area contributed by atoms with Crippen molar-refractivity contribution in [2.45, 2.75) is 38.5 Å². The van der Waals surface area contributed by atoms with Crippen molar-refractivity contribution >= 4 is 11.8 Å². The minimum atomic E-state index is 0.253. The highest BCUT2D eigenvalue weighted by molar-refractivity contribution is 5.78. The summed E-state index contributed by atoms with van der Waals surface area (Å²) in [5.41, 5.74) is 0. The summed E-state index contributed by atoms with van der Waals surface area (Å²) in [6, 6.07) is 0. The lowest BCUT2D eigenvalue weighted by Crippen LogP contribution is -2.32. The van der Waals surface area contributed by atoms with E-state index in [4.69, 9.17) is 0 Å². The number of rotatable bonds is 13. The summed E-state index contributed by atoms with van der Waals surface area (Å²) >= 11 is 0. The molecule has 0 N–H and O–H groups in total. The zero-order chi connectivity index (χ0) is 17.4. The Labute approximate surface area is 146 Å². The number of unbranched alkanes of at least 4 members (excludes halogenated alkanes) is 5. The van der Waals surface area contributed by atoms with Crippen LogP contribution < -0.4 is 0 Å². The molecule has 0 aromatic heterocycles. The van der Waals surface area contributed by atoms with Crippen LogP contribution in [0.1, 0.15) is 38.5 Å². The monoisotopic (exact) mass is 338 g/mol. The molecule has 0 atom stereocenters. The van der Waals surface area contributed by atoms with E-state index in [0.29, 0.717) is 13.1 Å². The maximum atomic E-state index is 11.8. The average Bonchev–Trinajstić information content (AvgIpc) is 3.45. The Morgan fingerprint density at radius 1 is 0.667 bits per heavy atom. The van der Waals surface area contributed by atoms with Crippen LogP contribution >= 0.6 is 0 Å². The van der Waals surface area contributed by atoms with Gasteiger partial charge in [0.05, 0.1) is 13.1 Å². The maximum absolute atomic E-state index is 11.8. The first-order chi connectivity index (χ1) is 11.6. The van der Waals surface area contributed by atoms with Crippen molar-refractivity contribution in [2.24, 2.45) is 0 Å². The summed E-state index contributed by atoms with van der Waals surface area (Å²) < 4.78 is 0. The van der Waals surface area contributed by atoms with E-state index < -0.39 is 0 Å². The summed E-state index contributed by atoms with van der Waals surface area (Å²) in [5, 5.41) is 0. The Bertz CT molecular complexity index is 370. The van der Waals surface area contributed by atoms with E-state index in [0.717, 1.165) is 52.1 Å². The molecule has 0 aromatic rings. The van der Waals surface area contributed by atoms with Gasteiger partial charge in [-0.2, -0.15) is 0 Å². The second-order valence-corrected chi connectivity index (χ2v) is 7.30. The molecule has 6 nitrogen and oxygen atoms in total. The number of carbonyl (C=O) groups excluding carboxylic acids is 2. The predicted octanol–water partition coefficient (Wildman–Crippen LogP) is 0.875. The van der Waals surface area contributed by atoms with Gasteiger partial charge < -0.3 is 9.80 Å². The van der Waals surface area contributed by atoms with Gasteiger partial charge in [0.25, 0.3) is 0 Å². The Hall–Kier alpha value is -1.14. The second kappa shape index (κ2) is 9.99. The maximum Gasteiger partial charge on any atom is 0.236 e. The molecule has 0 saturated carbocycles. The van der Waals surface area contributed by atoms with Gasteiger partial charge >= 0.3 is 0 Å². The van der Waals surface area contributed by atoms with Gasteiger partial charge in [-0.3, -0.25) is 19.4 Å². The van der Waals surface area contributed by atoms with Crippen molar-refractivity contribution < 1.29 is 9.59 Å². The lowest BCUT2D eigenvalue weighted by atomic mass is 10.1. The van der Waals surface area contributed by atoms with Gasteiger partial charge in [0.15, 0.2) is 0 Å². The lowest BCUT2D eigenvalue weighted by Gasteiger charge is -2.18. The van der Waals surface area contributed by atoms with Crippen molar-refractivity contribution in [3.8, 4) is 0 Å². The van der Waals surface area contributed by atoms with Gasteiger partial charge in [-0.05, 0) is 12.8 Å². The Morgan fingerprint density at radius 2 is 1.00 bits per heavy atom. The minimum absolute atomic E-state index is 0.253. The van der Waals surface area contributed by atoms with E-state index >= 15 is 0 Å². The molecule has 2 fully saturated rings. The fourth-order valence-corrected chi connectivity index (χ4v) is 2.74. The Morgan fingerprint density at radius 3 is 1.33 bits per heavy atom. The van der Waals surface area contributed by atoms with Gasteiger partial charge in [-0.15, -0.1) is 0 Å². The normalized spacial score (nSPS) is 16.9.